The van der Waals surface area contributed by atoms with Gasteiger partial charge in [0.1, 0.15) is 5.75 Å². The summed E-state index contributed by atoms with van der Waals surface area (Å²) in [6.07, 6.45) is 3.79. The summed E-state index contributed by atoms with van der Waals surface area (Å²) < 4.78 is 5.45. The molecule has 2 N–H and O–H groups in total. The highest BCUT2D eigenvalue weighted by Gasteiger charge is 2.22. The summed E-state index contributed by atoms with van der Waals surface area (Å²) in [6, 6.07) is 25.4. The largest absolute Gasteiger partial charge is 0.482 e. The van der Waals surface area contributed by atoms with E-state index < -0.39 is 5.97 Å². The van der Waals surface area contributed by atoms with E-state index in [1.807, 2.05) is 72.8 Å². The van der Waals surface area contributed by atoms with E-state index in [0.29, 0.717) is 18.1 Å². The standard InChI is InChI=1S/C28H28N2O4/c31-26(29-30-28(21-8-3-1-4-9-21)22-10-5-2-6-11-22)17-15-20-14-16-24-23(18-20)12-7-13-25(24)34-19-27(32)33/h1-13,20H,14-19H2,(H,29,31)(H,32,33). The van der Waals surface area contributed by atoms with Crippen molar-refractivity contribution >= 4 is 17.6 Å². The maximum Gasteiger partial charge on any atom is 0.341 e. The van der Waals surface area contributed by atoms with Crippen LogP contribution in [0.3, 0.4) is 0 Å². The van der Waals surface area contributed by atoms with Crippen LogP contribution in [0, 0.1) is 5.92 Å². The molecule has 0 spiro atoms. The van der Waals surface area contributed by atoms with Gasteiger partial charge < -0.3 is 9.84 Å². The first kappa shape index (κ1) is 23.2. The molecule has 0 aromatic heterocycles. The molecular formula is C28H28N2O4. The topological polar surface area (TPSA) is 88.0 Å². The maximum atomic E-state index is 12.6. The van der Waals surface area contributed by atoms with Gasteiger partial charge in [-0.05, 0) is 48.8 Å². The van der Waals surface area contributed by atoms with Crippen molar-refractivity contribution in [3.8, 4) is 5.75 Å². The van der Waals surface area contributed by atoms with Crippen LogP contribution in [-0.4, -0.2) is 29.3 Å². The number of carbonyl (C=O) groups excluding carboxylic acids is 1. The van der Waals surface area contributed by atoms with Gasteiger partial charge in [0, 0.05) is 17.5 Å². The van der Waals surface area contributed by atoms with Gasteiger partial charge in [-0.1, -0.05) is 72.8 Å². The molecule has 0 heterocycles. The number of aliphatic carboxylic acids is 1. The number of hydrogen-bond donors (Lipinski definition) is 2. The fourth-order valence-electron chi connectivity index (χ4n) is 4.37. The highest BCUT2D eigenvalue weighted by molar-refractivity contribution is 6.13. The fourth-order valence-corrected chi connectivity index (χ4v) is 4.37. The summed E-state index contributed by atoms with van der Waals surface area (Å²) in [5.74, 6) is -0.0456. The Balaban J connectivity index is 1.36. The normalized spacial score (nSPS) is 14.5. The second-order valence-electron chi connectivity index (χ2n) is 8.45. The first-order chi connectivity index (χ1) is 16.6. The molecule has 174 valence electrons. The summed E-state index contributed by atoms with van der Waals surface area (Å²) in [7, 11) is 0. The molecule has 0 bridgehead atoms. The van der Waals surface area contributed by atoms with E-state index in [-0.39, 0.29) is 12.5 Å². The van der Waals surface area contributed by atoms with E-state index in [0.717, 1.165) is 48.1 Å². The molecule has 0 aliphatic heterocycles. The molecule has 1 atom stereocenters. The van der Waals surface area contributed by atoms with Crippen LogP contribution >= 0.6 is 0 Å². The predicted octanol–water partition coefficient (Wildman–Crippen LogP) is 4.60. The van der Waals surface area contributed by atoms with E-state index in [2.05, 4.69) is 16.6 Å². The Kier molecular flexibility index (Phi) is 7.71. The Hall–Kier alpha value is -3.93. The van der Waals surface area contributed by atoms with Gasteiger partial charge in [0.2, 0.25) is 5.91 Å². The van der Waals surface area contributed by atoms with Gasteiger partial charge in [0.25, 0.3) is 0 Å². The average Bonchev–Trinajstić information content (AvgIpc) is 2.87. The van der Waals surface area contributed by atoms with Crippen LogP contribution in [0.15, 0.2) is 84.0 Å². The zero-order valence-electron chi connectivity index (χ0n) is 18.9. The summed E-state index contributed by atoms with van der Waals surface area (Å²) in [6.45, 7) is -0.339. The second-order valence-corrected chi connectivity index (χ2v) is 8.45. The van der Waals surface area contributed by atoms with Crippen LogP contribution in [0.1, 0.15) is 41.5 Å². The molecule has 3 aromatic carbocycles. The minimum absolute atomic E-state index is 0.103. The Bertz CT molecular complexity index is 1120. The number of fused-ring (bicyclic) bond motifs is 1. The number of carbonyl (C=O) groups is 2. The molecule has 0 saturated carbocycles. The molecule has 1 unspecified atom stereocenters. The minimum atomic E-state index is -0.984. The number of hydrogen-bond acceptors (Lipinski definition) is 4. The van der Waals surface area contributed by atoms with Crippen LogP contribution in [0.25, 0.3) is 0 Å². The van der Waals surface area contributed by atoms with Gasteiger partial charge in [-0.2, -0.15) is 5.10 Å². The third kappa shape index (κ3) is 6.10. The molecule has 6 heteroatoms. The van der Waals surface area contributed by atoms with E-state index in [1.165, 1.54) is 5.56 Å². The van der Waals surface area contributed by atoms with Crippen LogP contribution < -0.4 is 10.2 Å². The molecule has 0 fully saturated rings. The van der Waals surface area contributed by atoms with Crippen LogP contribution in [0.2, 0.25) is 0 Å². The summed E-state index contributed by atoms with van der Waals surface area (Å²) in [5, 5.41) is 13.3. The van der Waals surface area contributed by atoms with Gasteiger partial charge in [-0.3, -0.25) is 4.79 Å². The van der Waals surface area contributed by atoms with Crippen molar-refractivity contribution < 1.29 is 19.4 Å². The lowest BCUT2D eigenvalue weighted by molar-refractivity contribution is -0.139. The van der Waals surface area contributed by atoms with Crippen LogP contribution in [0.4, 0.5) is 0 Å². The summed E-state index contributed by atoms with van der Waals surface area (Å²) in [5.41, 5.74) is 7.63. The van der Waals surface area contributed by atoms with Crippen molar-refractivity contribution in [3.63, 3.8) is 0 Å². The highest BCUT2D eigenvalue weighted by Crippen LogP contribution is 2.34. The SMILES string of the molecule is O=C(O)COc1cccc2c1CCC(CCC(=O)NN=C(c1ccccc1)c1ccccc1)C2. The number of ether oxygens (including phenoxy) is 1. The average molecular weight is 457 g/mol. The lowest BCUT2D eigenvalue weighted by Gasteiger charge is -2.26. The molecule has 0 radical (unpaired) electrons. The van der Waals surface area contributed by atoms with Crippen molar-refractivity contribution in [1.82, 2.24) is 5.43 Å². The lowest BCUT2D eigenvalue weighted by Crippen LogP contribution is -2.23. The zero-order chi connectivity index (χ0) is 23.8. The maximum absolute atomic E-state index is 12.6. The van der Waals surface area contributed by atoms with Gasteiger partial charge >= 0.3 is 5.97 Å². The number of amides is 1. The Labute approximate surface area is 199 Å². The van der Waals surface area contributed by atoms with Gasteiger partial charge in [0.15, 0.2) is 6.61 Å². The molecule has 1 aliphatic rings. The highest BCUT2D eigenvalue weighted by atomic mass is 16.5. The second kappa shape index (κ2) is 11.3. The number of nitrogens with zero attached hydrogens (tertiary/aromatic N) is 1. The van der Waals surface area contributed by atoms with E-state index in [4.69, 9.17) is 9.84 Å². The molecular weight excluding hydrogens is 428 g/mol. The number of rotatable bonds is 9. The number of carboxylic acid groups (broad SMARTS) is 1. The first-order valence-corrected chi connectivity index (χ1v) is 11.5. The summed E-state index contributed by atoms with van der Waals surface area (Å²) in [4.78, 5) is 23.4. The Morgan fingerprint density at radius 1 is 0.941 bits per heavy atom. The molecule has 0 saturated heterocycles. The van der Waals surface area contributed by atoms with E-state index >= 15 is 0 Å². The van der Waals surface area contributed by atoms with E-state index in [9.17, 15) is 9.59 Å². The molecule has 34 heavy (non-hydrogen) atoms. The number of nitrogens with one attached hydrogen (secondary N) is 1. The third-order valence-corrected chi connectivity index (χ3v) is 6.06. The molecule has 1 aliphatic carbocycles. The number of hydrazone groups is 1. The smallest absolute Gasteiger partial charge is 0.341 e. The molecule has 4 rings (SSSR count). The van der Waals surface area contributed by atoms with Gasteiger partial charge in [-0.25, -0.2) is 10.2 Å². The zero-order valence-corrected chi connectivity index (χ0v) is 18.9. The van der Waals surface area contributed by atoms with Gasteiger partial charge in [-0.15, -0.1) is 0 Å². The van der Waals surface area contributed by atoms with Crippen molar-refractivity contribution in [3.05, 3.63) is 101 Å². The van der Waals surface area contributed by atoms with Crippen molar-refractivity contribution in [2.45, 2.75) is 32.1 Å². The van der Waals surface area contributed by atoms with Crippen molar-refractivity contribution in [2.75, 3.05) is 6.61 Å². The molecule has 3 aromatic rings. The predicted molar refractivity (Wildman–Crippen MR) is 131 cm³/mol. The first-order valence-electron chi connectivity index (χ1n) is 11.5. The number of carboxylic acids is 1. The molecule has 6 nitrogen and oxygen atoms in total. The Morgan fingerprint density at radius 2 is 1.62 bits per heavy atom. The minimum Gasteiger partial charge on any atom is -0.482 e. The number of benzene rings is 3. The fraction of sp³-hybridized carbons (Fsp3) is 0.250. The quantitative estimate of drug-likeness (QED) is 0.364. The monoisotopic (exact) mass is 456 g/mol. The van der Waals surface area contributed by atoms with Crippen LogP contribution in [0.5, 0.6) is 5.75 Å². The van der Waals surface area contributed by atoms with Crippen LogP contribution in [-0.2, 0) is 22.4 Å². The van der Waals surface area contributed by atoms with E-state index in [1.54, 1.807) is 0 Å². The third-order valence-electron chi connectivity index (χ3n) is 6.06. The Morgan fingerprint density at radius 3 is 2.26 bits per heavy atom. The van der Waals surface area contributed by atoms with Crippen molar-refractivity contribution in [2.24, 2.45) is 11.0 Å². The van der Waals surface area contributed by atoms with Crippen molar-refractivity contribution in [1.29, 1.82) is 0 Å². The lowest BCUT2D eigenvalue weighted by atomic mass is 9.81. The summed E-state index contributed by atoms with van der Waals surface area (Å²) >= 11 is 0. The van der Waals surface area contributed by atoms with Gasteiger partial charge in [0.05, 0.1) is 5.71 Å². The molecule has 1 amide bonds.